The minimum absolute atomic E-state index is 0. The van der Waals surface area contributed by atoms with Gasteiger partial charge in [0.25, 0.3) is 0 Å². The second-order valence-electron chi connectivity index (χ2n) is 4.63. The molecular formula is C13H19BrClNO. The van der Waals surface area contributed by atoms with Crippen molar-refractivity contribution in [2.75, 3.05) is 0 Å². The molecule has 0 spiro atoms. The minimum Gasteiger partial charge on any atom is -0.508 e. The molecule has 4 heteroatoms. The average molecular weight is 321 g/mol. The van der Waals surface area contributed by atoms with Crippen LogP contribution in [-0.2, 0) is 0 Å². The van der Waals surface area contributed by atoms with Crippen molar-refractivity contribution in [3.05, 3.63) is 28.2 Å². The van der Waals surface area contributed by atoms with Gasteiger partial charge in [0.1, 0.15) is 5.75 Å². The molecule has 0 amide bonds. The van der Waals surface area contributed by atoms with Crippen molar-refractivity contribution in [3.8, 4) is 5.75 Å². The van der Waals surface area contributed by atoms with Crippen LogP contribution in [0.25, 0.3) is 0 Å². The summed E-state index contributed by atoms with van der Waals surface area (Å²) in [6.07, 6.45) is 6.33. The topological polar surface area (TPSA) is 46.2 Å². The fraction of sp³-hybridized carbons (Fsp3) is 0.538. The summed E-state index contributed by atoms with van der Waals surface area (Å²) in [6.45, 7) is 0. The van der Waals surface area contributed by atoms with Gasteiger partial charge in [0.05, 0.1) is 0 Å². The Balaban J connectivity index is 0.00000144. The van der Waals surface area contributed by atoms with Crippen LogP contribution in [0.5, 0.6) is 5.75 Å². The fourth-order valence-corrected chi connectivity index (χ4v) is 3.04. The number of hydrogen-bond donors (Lipinski definition) is 2. The first-order valence-electron chi connectivity index (χ1n) is 5.92. The summed E-state index contributed by atoms with van der Waals surface area (Å²) in [5.74, 6) is 0.858. The molecule has 0 heterocycles. The molecule has 1 aliphatic carbocycles. The van der Waals surface area contributed by atoms with E-state index < -0.39 is 0 Å². The number of benzene rings is 1. The number of halogens is 2. The molecule has 0 aliphatic heterocycles. The molecular weight excluding hydrogens is 302 g/mol. The van der Waals surface area contributed by atoms with Crippen LogP contribution in [0.4, 0.5) is 0 Å². The van der Waals surface area contributed by atoms with Crippen LogP contribution < -0.4 is 5.73 Å². The van der Waals surface area contributed by atoms with E-state index in [1.807, 2.05) is 6.07 Å². The van der Waals surface area contributed by atoms with E-state index >= 15 is 0 Å². The molecule has 0 bridgehead atoms. The van der Waals surface area contributed by atoms with Crippen molar-refractivity contribution in [1.29, 1.82) is 0 Å². The highest BCUT2D eigenvalue weighted by Gasteiger charge is 2.23. The highest BCUT2D eigenvalue weighted by molar-refractivity contribution is 9.10. The number of aromatic hydroxyl groups is 1. The third-order valence-electron chi connectivity index (χ3n) is 3.50. The maximum atomic E-state index is 9.51. The van der Waals surface area contributed by atoms with Crippen LogP contribution >= 0.6 is 28.3 Å². The number of phenolic OH excluding ortho intramolecular Hbond substituents is 1. The van der Waals surface area contributed by atoms with Gasteiger partial charge in [-0.3, -0.25) is 0 Å². The summed E-state index contributed by atoms with van der Waals surface area (Å²) >= 11 is 3.51. The van der Waals surface area contributed by atoms with Gasteiger partial charge < -0.3 is 10.8 Å². The normalized spacial score (nSPS) is 18.5. The lowest BCUT2D eigenvalue weighted by atomic mass is 9.81. The molecule has 1 fully saturated rings. The molecule has 17 heavy (non-hydrogen) atoms. The summed E-state index contributed by atoms with van der Waals surface area (Å²) in [7, 11) is 0. The molecule has 0 unspecified atom stereocenters. The zero-order chi connectivity index (χ0) is 11.5. The minimum atomic E-state index is 0. The molecule has 1 aromatic rings. The maximum absolute atomic E-state index is 9.51. The van der Waals surface area contributed by atoms with Crippen LogP contribution in [0.3, 0.4) is 0 Å². The summed E-state index contributed by atoms with van der Waals surface area (Å²) in [6, 6.07) is 5.37. The Morgan fingerprint density at radius 2 is 1.88 bits per heavy atom. The standard InChI is InChI=1S/C13H18BrNO.ClH/c14-12-7-6-10(16)8-11(12)13(15)9-4-2-1-3-5-9;/h6-9,13,16H,1-5,15H2;1H/t13-;/m1./s1. The molecule has 0 radical (unpaired) electrons. The highest BCUT2D eigenvalue weighted by atomic mass is 79.9. The van der Waals surface area contributed by atoms with Crippen LogP contribution in [0, 0.1) is 5.92 Å². The number of hydrogen-bond acceptors (Lipinski definition) is 2. The molecule has 0 aromatic heterocycles. The first kappa shape index (κ1) is 14.8. The van der Waals surface area contributed by atoms with E-state index in [9.17, 15) is 5.11 Å². The Hall–Kier alpha value is -0.250. The lowest BCUT2D eigenvalue weighted by Gasteiger charge is -2.28. The molecule has 96 valence electrons. The molecule has 2 nitrogen and oxygen atoms in total. The van der Waals surface area contributed by atoms with Gasteiger partial charge in [-0.15, -0.1) is 12.4 Å². The summed E-state index contributed by atoms with van der Waals surface area (Å²) < 4.78 is 1.00. The Kier molecular flexibility index (Phi) is 5.77. The highest BCUT2D eigenvalue weighted by Crippen LogP contribution is 2.36. The van der Waals surface area contributed by atoms with E-state index in [2.05, 4.69) is 15.9 Å². The van der Waals surface area contributed by atoms with Crippen molar-refractivity contribution in [1.82, 2.24) is 0 Å². The quantitative estimate of drug-likeness (QED) is 0.859. The molecule has 1 aromatic carbocycles. The van der Waals surface area contributed by atoms with E-state index in [-0.39, 0.29) is 18.4 Å². The van der Waals surface area contributed by atoms with Gasteiger partial charge in [-0.05, 0) is 42.5 Å². The van der Waals surface area contributed by atoms with Crippen molar-refractivity contribution in [3.63, 3.8) is 0 Å². The molecule has 0 saturated heterocycles. The average Bonchev–Trinajstić information content (AvgIpc) is 2.32. The molecule has 3 N–H and O–H groups in total. The van der Waals surface area contributed by atoms with E-state index in [0.29, 0.717) is 11.7 Å². The van der Waals surface area contributed by atoms with E-state index in [1.165, 1.54) is 32.1 Å². The van der Waals surface area contributed by atoms with E-state index in [1.54, 1.807) is 12.1 Å². The zero-order valence-electron chi connectivity index (χ0n) is 9.73. The SMILES string of the molecule is Cl.N[C@@H](c1cc(O)ccc1Br)C1CCCCC1. The molecule has 1 saturated carbocycles. The summed E-state index contributed by atoms with van der Waals surface area (Å²) in [5, 5.41) is 9.51. The van der Waals surface area contributed by atoms with Crippen molar-refractivity contribution in [2.24, 2.45) is 11.7 Å². The van der Waals surface area contributed by atoms with Crippen LogP contribution in [0.1, 0.15) is 43.7 Å². The number of nitrogens with two attached hydrogens (primary N) is 1. The van der Waals surface area contributed by atoms with Gasteiger partial charge in [-0.25, -0.2) is 0 Å². The second kappa shape index (κ2) is 6.62. The summed E-state index contributed by atoms with van der Waals surface area (Å²) in [4.78, 5) is 0. The Morgan fingerprint density at radius 3 is 2.53 bits per heavy atom. The predicted molar refractivity (Wildman–Crippen MR) is 76.6 cm³/mol. The van der Waals surface area contributed by atoms with E-state index in [0.717, 1.165) is 10.0 Å². The van der Waals surface area contributed by atoms with Gasteiger partial charge in [0.15, 0.2) is 0 Å². The smallest absolute Gasteiger partial charge is 0.115 e. The third-order valence-corrected chi connectivity index (χ3v) is 4.22. The van der Waals surface area contributed by atoms with Crippen molar-refractivity contribution < 1.29 is 5.11 Å². The third kappa shape index (κ3) is 3.60. The summed E-state index contributed by atoms with van der Waals surface area (Å²) in [5.41, 5.74) is 7.33. The molecule has 1 atom stereocenters. The largest absolute Gasteiger partial charge is 0.508 e. The van der Waals surface area contributed by atoms with Gasteiger partial charge in [0, 0.05) is 10.5 Å². The molecule has 1 aliphatic rings. The van der Waals surface area contributed by atoms with E-state index in [4.69, 9.17) is 5.73 Å². The Bertz CT molecular complexity index is 366. The molecule has 2 rings (SSSR count). The van der Waals surface area contributed by atoms with Crippen molar-refractivity contribution in [2.45, 2.75) is 38.1 Å². The fourth-order valence-electron chi connectivity index (χ4n) is 2.53. The van der Waals surface area contributed by atoms with Gasteiger partial charge >= 0.3 is 0 Å². The first-order valence-corrected chi connectivity index (χ1v) is 6.72. The maximum Gasteiger partial charge on any atom is 0.115 e. The lowest BCUT2D eigenvalue weighted by molar-refractivity contribution is 0.307. The van der Waals surface area contributed by atoms with Crippen molar-refractivity contribution >= 4 is 28.3 Å². The van der Waals surface area contributed by atoms with Crippen LogP contribution in [-0.4, -0.2) is 5.11 Å². The number of phenols is 1. The second-order valence-corrected chi connectivity index (χ2v) is 5.48. The first-order chi connectivity index (χ1) is 7.68. The zero-order valence-corrected chi connectivity index (χ0v) is 12.1. The van der Waals surface area contributed by atoms with Gasteiger partial charge in [-0.2, -0.15) is 0 Å². The Morgan fingerprint density at radius 1 is 1.24 bits per heavy atom. The lowest BCUT2D eigenvalue weighted by Crippen LogP contribution is -2.23. The predicted octanol–water partition coefficient (Wildman–Crippen LogP) is 4.16. The van der Waals surface area contributed by atoms with Crippen LogP contribution in [0.2, 0.25) is 0 Å². The van der Waals surface area contributed by atoms with Gasteiger partial charge in [0.2, 0.25) is 0 Å². The van der Waals surface area contributed by atoms with Crippen LogP contribution in [0.15, 0.2) is 22.7 Å². The monoisotopic (exact) mass is 319 g/mol. The number of rotatable bonds is 2. The van der Waals surface area contributed by atoms with Gasteiger partial charge in [-0.1, -0.05) is 35.2 Å². The Labute approximate surface area is 117 Å².